The summed E-state index contributed by atoms with van der Waals surface area (Å²) in [7, 11) is 0. The van der Waals surface area contributed by atoms with E-state index in [-0.39, 0.29) is 0 Å². The molecule has 82 valence electrons. The molecule has 2 heteroatoms. The zero-order valence-electron chi connectivity index (χ0n) is 9.39. The highest BCUT2D eigenvalue weighted by molar-refractivity contribution is 4.86. The van der Waals surface area contributed by atoms with Crippen LogP contribution in [0, 0.1) is 5.92 Å². The van der Waals surface area contributed by atoms with E-state index < -0.39 is 0 Å². The molecule has 0 bridgehead atoms. The summed E-state index contributed by atoms with van der Waals surface area (Å²) in [5.41, 5.74) is 0. The normalized spacial score (nSPS) is 28.1. The monoisotopic (exact) mass is 196 g/mol. The minimum Gasteiger partial charge on any atom is -0.314 e. The summed E-state index contributed by atoms with van der Waals surface area (Å²) in [6.45, 7) is 4.74. The van der Waals surface area contributed by atoms with E-state index >= 15 is 0 Å². The van der Waals surface area contributed by atoms with Crippen LogP contribution < -0.4 is 10.6 Å². The number of nitrogens with one attached hydrogen (secondary N) is 2. The van der Waals surface area contributed by atoms with Gasteiger partial charge in [0.15, 0.2) is 0 Å². The zero-order chi connectivity index (χ0) is 9.80. The molecule has 2 aliphatic rings. The van der Waals surface area contributed by atoms with Crippen LogP contribution in [0.3, 0.4) is 0 Å². The average molecular weight is 196 g/mol. The van der Waals surface area contributed by atoms with E-state index in [1.807, 2.05) is 0 Å². The fourth-order valence-corrected chi connectivity index (χ4v) is 2.73. The van der Waals surface area contributed by atoms with Gasteiger partial charge in [0, 0.05) is 25.2 Å². The highest BCUT2D eigenvalue weighted by Gasteiger charge is 2.23. The van der Waals surface area contributed by atoms with Crippen molar-refractivity contribution in [2.24, 2.45) is 5.92 Å². The van der Waals surface area contributed by atoms with Crippen LogP contribution in [-0.2, 0) is 0 Å². The fourth-order valence-electron chi connectivity index (χ4n) is 2.73. The van der Waals surface area contributed by atoms with E-state index in [1.165, 1.54) is 51.6 Å². The SMILES string of the molecule is C[C@H](NC1CNC1)C1CCCCCC1. The van der Waals surface area contributed by atoms with E-state index in [0.717, 1.165) is 18.0 Å². The maximum atomic E-state index is 3.75. The predicted molar refractivity (Wildman–Crippen MR) is 60.4 cm³/mol. The first-order valence-corrected chi connectivity index (χ1v) is 6.33. The molecular formula is C12H24N2. The third kappa shape index (κ3) is 2.71. The molecule has 0 spiro atoms. The van der Waals surface area contributed by atoms with Crippen LogP contribution in [0.2, 0.25) is 0 Å². The van der Waals surface area contributed by atoms with Crippen LogP contribution >= 0.6 is 0 Å². The van der Waals surface area contributed by atoms with Gasteiger partial charge in [-0.2, -0.15) is 0 Å². The lowest BCUT2D eigenvalue weighted by Crippen LogP contribution is -2.58. The molecule has 0 aromatic rings. The molecule has 2 nitrogen and oxygen atoms in total. The van der Waals surface area contributed by atoms with Crippen molar-refractivity contribution in [1.82, 2.24) is 10.6 Å². The molecule has 0 unspecified atom stereocenters. The van der Waals surface area contributed by atoms with Crippen LogP contribution in [0.25, 0.3) is 0 Å². The third-order valence-electron chi connectivity index (χ3n) is 3.89. The summed E-state index contributed by atoms with van der Waals surface area (Å²) in [5.74, 6) is 0.943. The van der Waals surface area contributed by atoms with Crippen molar-refractivity contribution in [2.75, 3.05) is 13.1 Å². The molecule has 2 N–H and O–H groups in total. The molecular weight excluding hydrogens is 172 g/mol. The summed E-state index contributed by atoms with van der Waals surface area (Å²) in [5, 5.41) is 7.07. The van der Waals surface area contributed by atoms with E-state index in [1.54, 1.807) is 0 Å². The van der Waals surface area contributed by atoms with Crippen molar-refractivity contribution in [1.29, 1.82) is 0 Å². The first-order chi connectivity index (χ1) is 6.86. The fraction of sp³-hybridized carbons (Fsp3) is 1.00. The smallest absolute Gasteiger partial charge is 0.0319 e. The zero-order valence-corrected chi connectivity index (χ0v) is 9.39. The highest BCUT2D eigenvalue weighted by atomic mass is 15.1. The van der Waals surface area contributed by atoms with Crippen molar-refractivity contribution in [2.45, 2.75) is 57.5 Å². The first kappa shape index (κ1) is 10.4. The van der Waals surface area contributed by atoms with Crippen molar-refractivity contribution >= 4 is 0 Å². The van der Waals surface area contributed by atoms with Gasteiger partial charge in [0.2, 0.25) is 0 Å². The summed E-state index contributed by atoms with van der Waals surface area (Å²) < 4.78 is 0. The van der Waals surface area contributed by atoms with Gasteiger partial charge in [-0.25, -0.2) is 0 Å². The molecule has 1 heterocycles. The molecule has 0 aromatic carbocycles. The molecule has 1 saturated carbocycles. The summed E-state index contributed by atoms with van der Waals surface area (Å²) in [6, 6.07) is 1.49. The lowest BCUT2D eigenvalue weighted by Gasteiger charge is -2.34. The molecule has 2 rings (SSSR count). The number of rotatable bonds is 3. The summed E-state index contributed by atoms with van der Waals surface area (Å²) in [6.07, 6.45) is 8.75. The molecule has 0 radical (unpaired) electrons. The quantitative estimate of drug-likeness (QED) is 0.674. The van der Waals surface area contributed by atoms with Gasteiger partial charge in [0.05, 0.1) is 0 Å². The Morgan fingerprint density at radius 1 is 1.07 bits per heavy atom. The Kier molecular flexibility index (Phi) is 3.82. The van der Waals surface area contributed by atoms with Crippen LogP contribution in [-0.4, -0.2) is 25.2 Å². The molecule has 1 saturated heterocycles. The van der Waals surface area contributed by atoms with Crippen molar-refractivity contribution < 1.29 is 0 Å². The second-order valence-electron chi connectivity index (χ2n) is 5.06. The van der Waals surface area contributed by atoms with Gasteiger partial charge in [-0.05, 0) is 25.7 Å². The standard InChI is InChI=1S/C12H24N2/c1-10(14-12-8-13-9-12)11-6-4-2-3-5-7-11/h10-14H,2-9H2,1H3/t10-/m0/s1. The second-order valence-corrected chi connectivity index (χ2v) is 5.06. The Bertz CT molecular complexity index is 158. The Morgan fingerprint density at radius 2 is 1.71 bits per heavy atom. The van der Waals surface area contributed by atoms with E-state index in [2.05, 4.69) is 17.6 Å². The predicted octanol–water partition coefficient (Wildman–Crippen LogP) is 1.91. The largest absolute Gasteiger partial charge is 0.314 e. The Balaban J connectivity index is 1.73. The molecule has 0 aromatic heterocycles. The molecule has 1 aliphatic heterocycles. The lowest BCUT2D eigenvalue weighted by atomic mass is 9.92. The third-order valence-corrected chi connectivity index (χ3v) is 3.89. The summed E-state index contributed by atoms with van der Waals surface area (Å²) in [4.78, 5) is 0. The van der Waals surface area contributed by atoms with Crippen LogP contribution in [0.5, 0.6) is 0 Å². The lowest BCUT2D eigenvalue weighted by molar-refractivity contribution is 0.267. The maximum Gasteiger partial charge on any atom is 0.0319 e. The van der Waals surface area contributed by atoms with Gasteiger partial charge >= 0.3 is 0 Å². The van der Waals surface area contributed by atoms with Gasteiger partial charge in [-0.3, -0.25) is 0 Å². The second kappa shape index (κ2) is 5.13. The van der Waals surface area contributed by atoms with Gasteiger partial charge in [0.1, 0.15) is 0 Å². The molecule has 1 aliphatic carbocycles. The van der Waals surface area contributed by atoms with E-state index in [9.17, 15) is 0 Å². The van der Waals surface area contributed by atoms with E-state index in [4.69, 9.17) is 0 Å². The topological polar surface area (TPSA) is 24.1 Å². The Hall–Kier alpha value is -0.0800. The van der Waals surface area contributed by atoms with Crippen molar-refractivity contribution in [3.8, 4) is 0 Å². The van der Waals surface area contributed by atoms with E-state index in [0.29, 0.717) is 0 Å². The van der Waals surface area contributed by atoms with Crippen LogP contribution in [0.1, 0.15) is 45.4 Å². The van der Waals surface area contributed by atoms with Gasteiger partial charge < -0.3 is 10.6 Å². The van der Waals surface area contributed by atoms with Gasteiger partial charge in [-0.1, -0.05) is 25.7 Å². The molecule has 0 amide bonds. The average Bonchev–Trinajstić information content (AvgIpc) is 2.38. The Morgan fingerprint density at radius 3 is 2.21 bits per heavy atom. The maximum absolute atomic E-state index is 3.75. The van der Waals surface area contributed by atoms with Crippen molar-refractivity contribution in [3.63, 3.8) is 0 Å². The highest BCUT2D eigenvalue weighted by Crippen LogP contribution is 2.25. The Labute approximate surface area is 87.8 Å². The number of hydrogen-bond acceptors (Lipinski definition) is 2. The minimum absolute atomic E-state index is 0.736. The van der Waals surface area contributed by atoms with Crippen molar-refractivity contribution in [3.05, 3.63) is 0 Å². The first-order valence-electron chi connectivity index (χ1n) is 6.33. The van der Waals surface area contributed by atoms with Gasteiger partial charge in [0.25, 0.3) is 0 Å². The minimum atomic E-state index is 0.736. The van der Waals surface area contributed by atoms with Crippen LogP contribution in [0.4, 0.5) is 0 Å². The number of hydrogen-bond donors (Lipinski definition) is 2. The summed E-state index contributed by atoms with van der Waals surface area (Å²) >= 11 is 0. The molecule has 1 atom stereocenters. The molecule has 2 fully saturated rings. The van der Waals surface area contributed by atoms with Gasteiger partial charge in [-0.15, -0.1) is 0 Å². The molecule has 14 heavy (non-hydrogen) atoms. The van der Waals surface area contributed by atoms with Crippen LogP contribution in [0.15, 0.2) is 0 Å².